The maximum absolute atomic E-state index is 13.5. The normalized spacial score (nSPS) is 18.0. The Bertz CT molecular complexity index is 1090. The van der Waals surface area contributed by atoms with Crippen LogP contribution in [-0.4, -0.2) is 58.6 Å². The van der Waals surface area contributed by atoms with Gasteiger partial charge >= 0.3 is 0 Å². The lowest BCUT2D eigenvalue weighted by atomic mass is 9.77. The third kappa shape index (κ3) is 3.38. The van der Waals surface area contributed by atoms with Crippen LogP contribution in [0.25, 0.3) is 11.1 Å². The zero-order chi connectivity index (χ0) is 21.4. The first-order chi connectivity index (χ1) is 15.1. The highest BCUT2D eigenvalue weighted by atomic mass is 32.1. The molecule has 1 aromatic carbocycles. The molecule has 2 aliphatic heterocycles. The summed E-state index contributed by atoms with van der Waals surface area (Å²) in [5.41, 5.74) is 4.47. The van der Waals surface area contributed by atoms with Gasteiger partial charge in [-0.2, -0.15) is 5.10 Å². The van der Waals surface area contributed by atoms with E-state index >= 15 is 0 Å². The van der Waals surface area contributed by atoms with E-state index in [2.05, 4.69) is 15.2 Å². The van der Waals surface area contributed by atoms with E-state index < -0.39 is 5.41 Å². The zero-order valence-corrected chi connectivity index (χ0v) is 18.0. The number of ether oxygens (including phenoxy) is 1. The Morgan fingerprint density at radius 3 is 2.71 bits per heavy atom. The Morgan fingerprint density at radius 2 is 2.03 bits per heavy atom. The molecule has 0 aliphatic carbocycles. The lowest BCUT2D eigenvalue weighted by Crippen LogP contribution is -2.46. The smallest absolute Gasteiger partial charge is 0.273 e. The van der Waals surface area contributed by atoms with Crippen molar-refractivity contribution in [2.75, 3.05) is 31.6 Å². The van der Waals surface area contributed by atoms with Gasteiger partial charge in [0.1, 0.15) is 11.4 Å². The van der Waals surface area contributed by atoms with E-state index in [0.29, 0.717) is 43.9 Å². The van der Waals surface area contributed by atoms with Crippen LogP contribution in [0.1, 0.15) is 29.8 Å². The first-order valence-electron chi connectivity index (χ1n) is 10.3. The van der Waals surface area contributed by atoms with Gasteiger partial charge in [-0.15, -0.1) is 11.3 Å². The summed E-state index contributed by atoms with van der Waals surface area (Å²) in [5.74, 6) is 0.806. The lowest BCUT2D eigenvalue weighted by Gasteiger charge is -2.37. The van der Waals surface area contributed by atoms with Crippen LogP contribution in [0, 0.1) is 5.41 Å². The van der Waals surface area contributed by atoms with E-state index in [1.165, 1.54) is 11.3 Å². The maximum Gasteiger partial charge on any atom is 0.273 e. The number of aromatic amines is 1. The Kier molecular flexibility index (Phi) is 4.97. The van der Waals surface area contributed by atoms with Crippen molar-refractivity contribution < 1.29 is 14.3 Å². The minimum Gasteiger partial charge on any atom is -0.496 e. The van der Waals surface area contributed by atoms with Gasteiger partial charge in [0.25, 0.3) is 5.91 Å². The number of methoxy groups -OCH3 is 1. The van der Waals surface area contributed by atoms with Crippen LogP contribution in [0.2, 0.25) is 0 Å². The van der Waals surface area contributed by atoms with E-state index in [1.54, 1.807) is 24.2 Å². The molecule has 0 unspecified atom stereocenters. The van der Waals surface area contributed by atoms with Crippen LogP contribution in [0.3, 0.4) is 0 Å². The van der Waals surface area contributed by atoms with Crippen LogP contribution >= 0.6 is 11.3 Å². The summed E-state index contributed by atoms with van der Waals surface area (Å²) in [5, 5.41) is 8.59. The third-order valence-electron chi connectivity index (χ3n) is 6.48. The molecule has 2 amide bonds. The second-order valence-electron chi connectivity index (χ2n) is 8.02. The van der Waals surface area contributed by atoms with Crippen LogP contribution in [-0.2, 0) is 4.79 Å². The molecule has 0 bridgehead atoms. The van der Waals surface area contributed by atoms with Gasteiger partial charge in [0.2, 0.25) is 5.91 Å². The molecule has 2 saturated heterocycles. The van der Waals surface area contributed by atoms with Crippen molar-refractivity contribution in [3.63, 3.8) is 0 Å². The van der Waals surface area contributed by atoms with Gasteiger partial charge in [0, 0.05) is 54.1 Å². The first-order valence-corrected chi connectivity index (χ1v) is 11.2. The molecule has 4 heterocycles. The molecule has 0 atom stereocenters. The lowest BCUT2D eigenvalue weighted by molar-refractivity contribution is -0.127. The highest BCUT2D eigenvalue weighted by molar-refractivity contribution is 7.07. The number of rotatable bonds is 4. The second kappa shape index (κ2) is 7.81. The summed E-state index contributed by atoms with van der Waals surface area (Å²) in [6.45, 7) is 1.84. The molecular formula is C22H23N5O3S. The highest BCUT2D eigenvalue weighted by Gasteiger charge is 2.49. The number of carbonyl (C=O) groups is 2. The summed E-state index contributed by atoms with van der Waals surface area (Å²) in [7, 11) is 1.63. The molecule has 3 aromatic rings. The fraction of sp³-hybridized carbons (Fsp3) is 0.364. The maximum atomic E-state index is 13.5. The fourth-order valence-corrected chi connectivity index (χ4v) is 5.16. The van der Waals surface area contributed by atoms with Gasteiger partial charge in [-0.05, 0) is 31.4 Å². The van der Waals surface area contributed by atoms with Crippen molar-refractivity contribution in [3.05, 3.63) is 47.2 Å². The summed E-state index contributed by atoms with van der Waals surface area (Å²) < 4.78 is 5.59. The number of thiazole rings is 1. The van der Waals surface area contributed by atoms with Gasteiger partial charge in [-0.3, -0.25) is 14.7 Å². The molecule has 8 nitrogen and oxygen atoms in total. The van der Waals surface area contributed by atoms with E-state index in [-0.39, 0.29) is 11.8 Å². The fourth-order valence-electron chi connectivity index (χ4n) is 4.63. The van der Waals surface area contributed by atoms with Gasteiger partial charge in [0.05, 0.1) is 24.2 Å². The molecular weight excluding hydrogens is 414 g/mol. The molecule has 1 N–H and O–H groups in total. The summed E-state index contributed by atoms with van der Waals surface area (Å²) in [6, 6.07) is 5.84. The molecule has 31 heavy (non-hydrogen) atoms. The predicted octanol–water partition coefficient (Wildman–Crippen LogP) is 3.20. The Morgan fingerprint density at radius 1 is 1.23 bits per heavy atom. The van der Waals surface area contributed by atoms with Gasteiger partial charge in [-0.1, -0.05) is 0 Å². The molecule has 1 spiro atoms. The third-order valence-corrected chi connectivity index (χ3v) is 7.06. The number of H-pyrrole nitrogens is 1. The van der Waals surface area contributed by atoms with Crippen molar-refractivity contribution in [2.45, 2.75) is 19.3 Å². The van der Waals surface area contributed by atoms with Crippen molar-refractivity contribution in [1.29, 1.82) is 0 Å². The first kappa shape index (κ1) is 19.7. The van der Waals surface area contributed by atoms with Crippen molar-refractivity contribution in [1.82, 2.24) is 20.1 Å². The van der Waals surface area contributed by atoms with Crippen molar-refractivity contribution >= 4 is 28.8 Å². The van der Waals surface area contributed by atoms with Crippen LogP contribution in [0.4, 0.5) is 5.69 Å². The number of piperidine rings is 1. The van der Waals surface area contributed by atoms with Crippen LogP contribution < -0.4 is 9.64 Å². The largest absolute Gasteiger partial charge is 0.496 e. The van der Waals surface area contributed by atoms with Crippen molar-refractivity contribution in [3.8, 4) is 16.9 Å². The number of benzene rings is 1. The minimum absolute atomic E-state index is 0.0435. The van der Waals surface area contributed by atoms with E-state index in [4.69, 9.17) is 4.74 Å². The quantitative estimate of drug-likeness (QED) is 0.677. The predicted molar refractivity (Wildman–Crippen MR) is 117 cm³/mol. The van der Waals surface area contributed by atoms with Crippen molar-refractivity contribution in [2.24, 2.45) is 5.41 Å². The molecule has 5 rings (SSSR count). The molecule has 2 aromatic heterocycles. The number of nitrogens with one attached hydrogen (secondary N) is 1. The second-order valence-corrected chi connectivity index (χ2v) is 8.74. The number of aromatic nitrogens is 3. The Hall–Kier alpha value is -3.20. The summed E-state index contributed by atoms with van der Waals surface area (Å²) in [6.07, 6.45) is 5.73. The van der Waals surface area contributed by atoms with Crippen LogP contribution in [0.5, 0.6) is 5.75 Å². The van der Waals surface area contributed by atoms with Gasteiger partial charge in [-0.25, -0.2) is 4.98 Å². The number of carbonyl (C=O) groups excluding carboxylic acids is 2. The molecule has 160 valence electrons. The molecule has 2 aliphatic rings. The highest BCUT2D eigenvalue weighted by Crippen LogP contribution is 2.44. The standard InChI is InChI=1S/C22H23N5O3S/c1-30-19-10-16(2-3-17(19)15-11-24-25-12-15)27-9-6-22(21(27)29)4-7-26(8-5-22)20(28)18-13-31-14-23-18/h2-3,10-14H,4-9H2,1H3,(H,24,25). The molecule has 0 saturated carbocycles. The topological polar surface area (TPSA) is 91.4 Å². The Balaban J connectivity index is 1.32. The number of amides is 2. The number of hydrogen-bond donors (Lipinski definition) is 1. The number of likely N-dealkylation sites (tertiary alicyclic amines) is 1. The average Bonchev–Trinajstić information content (AvgIpc) is 3.57. The average molecular weight is 438 g/mol. The number of nitrogens with zero attached hydrogens (tertiary/aromatic N) is 4. The monoisotopic (exact) mass is 437 g/mol. The minimum atomic E-state index is -0.394. The Labute approximate surface area is 183 Å². The number of hydrogen-bond acceptors (Lipinski definition) is 6. The SMILES string of the molecule is COc1cc(N2CCC3(CCN(C(=O)c4cscn4)CC3)C2=O)ccc1-c1cn[nH]c1. The van der Waals surface area contributed by atoms with E-state index in [1.807, 2.05) is 34.2 Å². The van der Waals surface area contributed by atoms with E-state index in [9.17, 15) is 9.59 Å². The molecule has 0 radical (unpaired) electrons. The number of anilines is 1. The summed E-state index contributed by atoms with van der Waals surface area (Å²) in [4.78, 5) is 33.8. The van der Waals surface area contributed by atoms with Gasteiger partial charge < -0.3 is 14.5 Å². The molecule has 2 fully saturated rings. The summed E-state index contributed by atoms with van der Waals surface area (Å²) >= 11 is 1.42. The van der Waals surface area contributed by atoms with Gasteiger partial charge in [0.15, 0.2) is 0 Å². The van der Waals surface area contributed by atoms with E-state index in [0.717, 1.165) is 23.2 Å². The zero-order valence-electron chi connectivity index (χ0n) is 17.2. The van der Waals surface area contributed by atoms with Crippen LogP contribution in [0.15, 0.2) is 41.5 Å². The molecule has 9 heteroatoms.